The van der Waals surface area contributed by atoms with Crippen molar-refractivity contribution in [2.45, 2.75) is 24.3 Å². The molecule has 118 valence electrons. The van der Waals surface area contributed by atoms with Crippen LogP contribution in [0.1, 0.15) is 18.9 Å². The van der Waals surface area contributed by atoms with Gasteiger partial charge in [0, 0.05) is 24.4 Å². The highest BCUT2D eigenvalue weighted by Gasteiger charge is 2.28. The van der Waals surface area contributed by atoms with Crippen molar-refractivity contribution in [1.82, 2.24) is 4.31 Å². The molecule has 0 radical (unpaired) electrons. The number of thiocarbonyl (C=S) groups is 1. The van der Waals surface area contributed by atoms with Gasteiger partial charge in [0.1, 0.15) is 9.88 Å². The smallest absolute Gasteiger partial charge is 0.244 e. The van der Waals surface area contributed by atoms with Crippen molar-refractivity contribution in [2.75, 3.05) is 19.1 Å². The lowest BCUT2D eigenvalue weighted by Gasteiger charge is -2.26. The summed E-state index contributed by atoms with van der Waals surface area (Å²) >= 11 is 12.6. The Bertz CT molecular complexity index is 620. The maximum Gasteiger partial charge on any atom is 0.244 e. The van der Waals surface area contributed by atoms with Crippen molar-refractivity contribution in [3.8, 4) is 0 Å². The van der Waals surface area contributed by atoms with Crippen molar-refractivity contribution in [3.05, 3.63) is 28.8 Å². The second-order valence-electron chi connectivity index (χ2n) is 4.55. The summed E-state index contributed by atoms with van der Waals surface area (Å²) in [4.78, 5) is 0.259. The second-order valence-corrected chi connectivity index (χ2v) is 8.27. The van der Waals surface area contributed by atoms with Gasteiger partial charge in [0.15, 0.2) is 0 Å². The predicted molar refractivity (Wildman–Crippen MR) is 94.7 cm³/mol. The molecule has 0 spiro atoms. The molecule has 8 heteroatoms. The van der Waals surface area contributed by atoms with Gasteiger partial charge in [0.2, 0.25) is 10.0 Å². The Labute approximate surface area is 141 Å². The second kappa shape index (κ2) is 7.78. The van der Waals surface area contributed by atoms with E-state index in [0.717, 1.165) is 12.2 Å². The summed E-state index contributed by atoms with van der Waals surface area (Å²) in [7, 11) is -2.06. The topological polar surface area (TPSA) is 63.4 Å². The number of sulfonamides is 1. The summed E-state index contributed by atoms with van der Waals surface area (Å²) in [5.74, 6) is 0.731. The molecular formula is C13H19ClN2O2S3. The van der Waals surface area contributed by atoms with Crippen molar-refractivity contribution in [2.24, 2.45) is 5.73 Å². The molecule has 0 amide bonds. The molecule has 4 nitrogen and oxygen atoms in total. The number of hydrogen-bond donors (Lipinski definition) is 1. The minimum Gasteiger partial charge on any atom is -0.389 e. The van der Waals surface area contributed by atoms with E-state index < -0.39 is 10.0 Å². The third-order valence-electron chi connectivity index (χ3n) is 3.22. The van der Waals surface area contributed by atoms with Gasteiger partial charge in [-0.2, -0.15) is 16.1 Å². The van der Waals surface area contributed by atoms with E-state index >= 15 is 0 Å². The maximum atomic E-state index is 12.7. The standard InChI is InChI=1S/C13H19ClN2O2S3/c1-4-10(8-20-3)16(2)21(17,18)12-6-5-9(13(15)19)7-11(12)14/h5-7,10H,4,8H2,1-3H3,(H2,15,19). The van der Waals surface area contributed by atoms with E-state index in [0.29, 0.717) is 5.56 Å². The van der Waals surface area contributed by atoms with Crippen molar-refractivity contribution in [1.29, 1.82) is 0 Å². The summed E-state index contributed by atoms with van der Waals surface area (Å²) in [6.07, 6.45) is 2.69. The van der Waals surface area contributed by atoms with E-state index in [-0.39, 0.29) is 20.9 Å². The van der Waals surface area contributed by atoms with Crippen LogP contribution in [0.4, 0.5) is 0 Å². The van der Waals surface area contributed by atoms with E-state index in [1.54, 1.807) is 24.9 Å². The first kappa shape index (κ1) is 18.7. The fourth-order valence-corrected chi connectivity index (χ4v) is 4.90. The first-order valence-electron chi connectivity index (χ1n) is 6.32. The summed E-state index contributed by atoms with van der Waals surface area (Å²) in [6, 6.07) is 4.44. The highest BCUT2D eigenvalue weighted by Crippen LogP contribution is 2.27. The molecule has 1 atom stereocenters. The Morgan fingerprint density at radius 3 is 2.57 bits per heavy atom. The van der Waals surface area contributed by atoms with Gasteiger partial charge >= 0.3 is 0 Å². The van der Waals surface area contributed by atoms with Crippen molar-refractivity contribution < 1.29 is 8.42 Å². The van der Waals surface area contributed by atoms with Crippen LogP contribution in [0.15, 0.2) is 23.1 Å². The average molecular weight is 367 g/mol. The molecule has 0 fully saturated rings. The molecule has 1 aromatic rings. The molecule has 0 saturated carbocycles. The highest BCUT2D eigenvalue weighted by atomic mass is 35.5. The molecule has 0 aliphatic heterocycles. The molecule has 0 heterocycles. The quantitative estimate of drug-likeness (QED) is 0.752. The Morgan fingerprint density at radius 2 is 2.14 bits per heavy atom. The third-order valence-corrected chi connectivity index (χ3v) is 6.56. The Kier molecular flexibility index (Phi) is 6.93. The van der Waals surface area contributed by atoms with E-state index in [9.17, 15) is 8.42 Å². The van der Waals surface area contributed by atoms with Crippen LogP contribution in [-0.2, 0) is 10.0 Å². The molecular weight excluding hydrogens is 348 g/mol. The molecule has 21 heavy (non-hydrogen) atoms. The van der Waals surface area contributed by atoms with E-state index in [1.165, 1.54) is 16.4 Å². The van der Waals surface area contributed by atoms with E-state index in [4.69, 9.17) is 29.6 Å². The van der Waals surface area contributed by atoms with Crippen LogP contribution in [0.5, 0.6) is 0 Å². The lowest BCUT2D eigenvalue weighted by molar-refractivity contribution is 0.385. The van der Waals surface area contributed by atoms with Crippen LogP contribution in [0.25, 0.3) is 0 Å². The first-order chi connectivity index (χ1) is 9.75. The van der Waals surface area contributed by atoms with Gasteiger partial charge in [0.05, 0.1) is 5.02 Å². The van der Waals surface area contributed by atoms with Crippen LogP contribution in [0.3, 0.4) is 0 Å². The van der Waals surface area contributed by atoms with Gasteiger partial charge in [-0.05, 0) is 24.8 Å². The highest BCUT2D eigenvalue weighted by molar-refractivity contribution is 7.98. The van der Waals surface area contributed by atoms with E-state index in [2.05, 4.69) is 0 Å². The summed E-state index contributed by atoms with van der Waals surface area (Å²) in [5.41, 5.74) is 6.07. The molecule has 1 rings (SSSR count). The molecule has 1 unspecified atom stereocenters. The Morgan fingerprint density at radius 1 is 1.52 bits per heavy atom. The summed E-state index contributed by atoms with van der Waals surface area (Å²) in [5, 5.41) is 0.131. The van der Waals surface area contributed by atoms with Crippen LogP contribution < -0.4 is 5.73 Å². The number of nitrogens with two attached hydrogens (primary N) is 1. The molecule has 0 aromatic heterocycles. The molecule has 1 aromatic carbocycles. The fraction of sp³-hybridized carbons (Fsp3) is 0.462. The van der Waals surface area contributed by atoms with Gasteiger partial charge in [-0.3, -0.25) is 0 Å². The van der Waals surface area contributed by atoms with Gasteiger partial charge < -0.3 is 5.73 Å². The fourth-order valence-electron chi connectivity index (χ4n) is 1.89. The van der Waals surface area contributed by atoms with Gasteiger partial charge in [-0.25, -0.2) is 8.42 Å². The zero-order valence-electron chi connectivity index (χ0n) is 12.2. The Balaban J connectivity index is 3.21. The van der Waals surface area contributed by atoms with Gasteiger partial charge in [-0.15, -0.1) is 0 Å². The van der Waals surface area contributed by atoms with Crippen LogP contribution >= 0.6 is 35.6 Å². The minimum atomic E-state index is -3.64. The van der Waals surface area contributed by atoms with Crippen LogP contribution in [-0.4, -0.2) is 42.8 Å². The SMILES string of the molecule is CCC(CSC)N(C)S(=O)(=O)c1ccc(C(N)=S)cc1Cl. The number of benzene rings is 1. The van der Waals surface area contributed by atoms with Gasteiger partial charge in [-0.1, -0.05) is 36.8 Å². The number of nitrogens with zero attached hydrogens (tertiary/aromatic N) is 1. The number of rotatable bonds is 7. The number of thioether (sulfide) groups is 1. The largest absolute Gasteiger partial charge is 0.389 e. The molecule has 2 N–H and O–H groups in total. The summed E-state index contributed by atoms with van der Waals surface area (Å²) < 4.78 is 26.7. The van der Waals surface area contributed by atoms with E-state index in [1.807, 2.05) is 13.2 Å². The zero-order valence-corrected chi connectivity index (χ0v) is 15.4. The average Bonchev–Trinajstić information content (AvgIpc) is 2.43. The monoisotopic (exact) mass is 366 g/mol. The zero-order chi connectivity index (χ0) is 16.2. The van der Waals surface area contributed by atoms with Crippen LogP contribution in [0, 0.1) is 0 Å². The number of halogens is 1. The maximum absolute atomic E-state index is 12.7. The molecule has 0 saturated heterocycles. The van der Waals surface area contributed by atoms with Crippen LogP contribution in [0.2, 0.25) is 5.02 Å². The lowest BCUT2D eigenvalue weighted by atomic mass is 10.2. The summed E-state index contributed by atoms with van der Waals surface area (Å²) in [6.45, 7) is 1.96. The molecule has 0 aliphatic carbocycles. The lowest BCUT2D eigenvalue weighted by Crippen LogP contribution is -2.38. The Hall–Kier alpha value is -0.340. The minimum absolute atomic E-state index is 0.0728. The van der Waals surface area contributed by atoms with Gasteiger partial charge in [0.25, 0.3) is 0 Å². The van der Waals surface area contributed by atoms with Crippen molar-refractivity contribution in [3.63, 3.8) is 0 Å². The predicted octanol–water partition coefficient (Wildman–Crippen LogP) is 2.74. The molecule has 0 bridgehead atoms. The number of hydrogen-bond acceptors (Lipinski definition) is 4. The van der Waals surface area contributed by atoms with Crippen molar-refractivity contribution >= 4 is 50.6 Å². The first-order valence-corrected chi connectivity index (χ1v) is 9.94. The third kappa shape index (κ3) is 4.32. The molecule has 0 aliphatic rings. The normalized spacial score (nSPS) is 13.4.